The molecule has 7 nitrogen and oxygen atoms in total. The molecule has 1 aliphatic rings. The van der Waals surface area contributed by atoms with Crippen LogP contribution in [-0.2, 0) is 0 Å². The summed E-state index contributed by atoms with van der Waals surface area (Å²) in [5, 5.41) is 14.3. The molecule has 0 radical (unpaired) electrons. The lowest BCUT2D eigenvalue weighted by molar-refractivity contribution is -0.000389. The fourth-order valence-corrected chi connectivity index (χ4v) is 3.94. The molecule has 1 fully saturated rings. The number of pyridine rings is 1. The van der Waals surface area contributed by atoms with E-state index in [0.717, 1.165) is 43.5 Å². The second-order valence-corrected chi connectivity index (χ2v) is 9.18. The fourth-order valence-electron chi connectivity index (χ4n) is 3.78. The minimum Gasteiger partial charge on any atom is -0.475 e. The summed E-state index contributed by atoms with van der Waals surface area (Å²) in [6, 6.07) is 2.16. The number of hydrogen-bond donors (Lipinski definition) is 2. The predicted octanol–water partition coefficient (Wildman–Crippen LogP) is 3.87. The molecule has 0 spiro atoms. The summed E-state index contributed by atoms with van der Waals surface area (Å²) in [7, 11) is 3.99. The van der Waals surface area contributed by atoms with Crippen molar-refractivity contribution in [2.45, 2.75) is 51.2 Å². The van der Waals surface area contributed by atoms with Crippen LogP contribution in [0, 0.1) is 5.92 Å². The van der Waals surface area contributed by atoms with Crippen LogP contribution in [0.2, 0.25) is 5.15 Å². The van der Waals surface area contributed by atoms with E-state index in [1.54, 1.807) is 18.6 Å². The highest BCUT2D eigenvalue weighted by atomic mass is 35.5. The van der Waals surface area contributed by atoms with E-state index in [4.69, 9.17) is 16.3 Å². The predicted molar refractivity (Wildman–Crippen MR) is 120 cm³/mol. The van der Waals surface area contributed by atoms with E-state index in [1.165, 1.54) is 0 Å². The van der Waals surface area contributed by atoms with E-state index in [9.17, 15) is 5.11 Å². The minimum atomic E-state index is -0.623. The first-order valence-corrected chi connectivity index (χ1v) is 10.8. The van der Waals surface area contributed by atoms with E-state index in [0.29, 0.717) is 35.3 Å². The number of aliphatic hydroxyl groups is 1. The molecule has 30 heavy (non-hydrogen) atoms. The van der Waals surface area contributed by atoms with E-state index in [2.05, 4.69) is 20.3 Å². The van der Waals surface area contributed by atoms with Gasteiger partial charge in [0.05, 0.1) is 23.7 Å². The third-order valence-electron chi connectivity index (χ3n) is 5.65. The van der Waals surface area contributed by atoms with Gasteiger partial charge in [-0.3, -0.25) is 0 Å². The average molecular weight is 434 g/mol. The number of nitrogens with zero attached hydrogens (tertiary/aromatic N) is 4. The van der Waals surface area contributed by atoms with Crippen LogP contribution in [0.1, 0.15) is 39.5 Å². The van der Waals surface area contributed by atoms with Gasteiger partial charge >= 0.3 is 0 Å². The van der Waals surface area contributed by atoms with Crippen molar-refractivity contribution in [1.29, 1.82) is 0 Å². The molecule has 164 valence electrons. The van der Waals surface area contributed by atoms with Gasteiger partial charge in [0, 0.05) is 30.0 Å². The second kappa shape index (κ2) is 9.90. The Morgan fingerprint density at radius 3 is 2.47 bits per heavy atom. The summed E-state index contributed by atoms with van der Waals surface area (Å²) < 4.78 is 5.63. The normalized spacial score (nSPS) is 19.7. The standard InChI is InChI=1S/C22H32ClN5O2/c1-22(2,29)15-5-7-16(8-6-15)27-18-11-20(23)25-12-17(18)19-13-26-21(14-24-19)30-10-9-28(3)4/h11-16,29H,5-10H2,1-4H3,(H,25,27). The molecule has 2 heterocycles. The van der Waals surface area contributed by atoms with E-state index in [1.807, 2.05) is 38.9 Å². The van der Waals surface area contributed by atoms with Gasteiger partial charge in [-0.05, 0) is 65.6 Å². The zero-order chi connectivity index (χ0) is 21.7. The summed E-state index contributed by atoms with van der Waals surface area (Å²) >= 11 is 6.17. The molecular formula is C22H32ClN5O2. The summed E-state index contributed by atoms with van der Waals surface area (Å²) in [5.41, 5.74) is 1.85. The molecule has 8 heteroatoms. The summed E-state index contributed by atoms with van der Waals surface area (Å²) in [4.78, 5) is 15.2. The Kier molecular flexibility index (Phi) is 7.50. The molecule has 0 aromatic carbocycles. The highest BCUT2D eigenvalue weighted by molar-refractivity contribution is 6.29. The zero-order valence-electron chi connectivity index (χ0n) is 18.2. The fraction of sp³-hybridized carbons (Fsp3) is 0.591. The van der Waals surface area contributed by atoms with Gasteiger partial charge in [0.1, 0.15) is 11.8 Å². The van der Waals surface area contributed by atoms with Crippen LogP contribution in [0.5, 0.6) is 5.88 Å². The number of likely N-dealkylation sites (N-methyl/N-ethyl adjacent to an activating group) is 1. The molecule has 2 aromatic heterocycles. The SMILES string of the molecule is CN(C)CCOc1cnc(-c2cnc(Cl)cc2NC2CCC(C(C)(C)O)CC2)cn1. The van der Waals surface area contributed by atoms with Crippen molar-refractivity contribution < 1.29 is 9.84 Å². The Bertz CT molecular complexity index is 815. The number of aromatic nitrogens is 3. The van der Waals surface area contributed by atoms with Crippen molar-refractivity contribution in [3.63, 3.8) is 0 Å². The Balaban J connectivity index is 1.68. The van der Waals surface area contributed by atoms with Crippen molar-refractivity contribution in [2.24, 2.45) is 5.92 Å². The first-order chi connectivity index (χ1) is 14.2. The van der Waals surface area contributed by atoms with Crippen LogP contribution in [0.3, 0.4) is 0 Å². The van der Waals surface area contributed by atoms with Gasteiger partial charge in [-0.25, -0.2) is 15.0 Å². The van der Waals surface area contributed by atoms with Gasteiger partial charge in [0.15, 0.2) is 0 Å². The van der Waals surface area contributed by atoms with Gasteiger partial charge < -0.3 is 20.1 Å². The first kappa shape index (κ1) is 22.7. The smallest absolute Gasteiger partial charge is 0.232 e. The molecule has 0 unspecified atom stereocenters. The van der Waals surface area contributed by atoms with Crippen LogP contribution >= 0.6 is 11.6 Å². The lowest BCUT2D eigenvalue weighted by Gasteiger charge is -2.36. The van der Waals surface area contributed by atoms with Crippen LogP contribution in [0.25, 0.3) is 11.3 Å². The maximum atomic E-state index is 10.3. The zero-order valence-corrected chi connectivity index (χ0v) is 19.0. The number of rotatable bonds is 8. The second-order valence-electron chi connectivity index (χ2n) is 8.79. The third-order valence-corrected chi connectivity index (χ3v) is 5.86. The van der Waals surface area contributed by atoms with Crippen LogP contribution < -0.4 is 10.1 Å². The Labute approximate surface area is 183 Å². The van der Waals surface area contributed by atoms with Crippen molar-refractivity contribution in [3.8, 4) is 17.1 Å². The molecule has 0 atom stereocenters. The molecule has 0 saturated heterocycles. The third kappa shape index (κ3) is 6.27. The minimum absolute atomic E-state index is 0.322. The molecule has 0 aliphatic heterocycles. The Morgan fingerprint density at radius 1 is 1.13 bits per heavy atom. The van der Waals surface area contributed by atoms with Crippen molar-refractivity contribution in [2.75, 3.05) is 32.6 Å². The first-order valence-electron chi connectivity index (χ1n) is 10.5. The lowest BCUT2D eigenvalue weighted by atomic mass is 9.77. The monoisotopic (exact) mass is 433 g/mol. The lowest BCUT2D eigenvalue weighted by Crippen LogP contribution is -2.37. The van der Waals surface area contributed by atoms with Gasteiger partial charge in [-0.2, -0.15) is 0 Å². The molecule has 3 rings (SSSR count). The van der Waals surface area contributed by atoms with Gasteiger partial charge in [0.25, 0.3) is 0 Å². The highest BCUT2D eigenvalue weighted by Gasteiger charge is 2.31. The van der Waals surface area contributed by atoms with Crippen molar-refractivity contribution in [1.82, 2.24) is 19.9 Å². The Hall–Kier alpha value is -1.96. The summed E-state index contributed by atoms with van der Waals surface area (Å²) in [6.45, 7) is 5.18. The highest BCUT2D eigenvalue weighted by Crippen LogP contribution is 2.35. The molecule has 2 N–H and O–H groups in total. The molecule has 1 aliphatic carbocycles. The van der Waals surface area contributed by atoms with Gasteiger partial charge in [-0.1, -0.05) is 11.6 Å². The maximum absolute atomic E-state index is 10.3. The van der Waals surface area contributed by atoms with Gasteiger partial charge in [-0.15, -0.1) is 0 Å². The number of nitrogens with one attached hydrogen (secondary N) is 1. The van der Waals surface area contributed by atoms with E-state index >= 15 is 0 Å². The molecule has 1 saturated carbocycles. The summed E-state index contributed by atoms with van der Waals surface area (Å²) in [5.74, 6) is 0.837. The van der Waals surface area contributed by atoms with E-state index in [-0.39, 0.29) is 0 Å². The molecular weight excluding hydrogens is 402 g/mol. The van der Waals surface area contributed by atoms with Crippen LogP contribution in [0.15, 0.2) is 24.7 Å². The number of halogens is 1. The number of ether oxygens (including phenoxy) is 1. The van der Waals surface area contributed by atoms with Crippen molar-refractivity contribution in [3.05, 3.63) is 29.8 Å². The maximum Gasteiger partial charge on any atom is 0.232 e. The topological polar surface area (TPSA) is 83.4 Å². The quantitative estimate of drug-likeness (QED) is 0.611. The number of hydrogen-bond acceptors (Lipinski definition) is 7. The van der Waals surface area contributed by atoms with Crippen LogP contribution in [-0.4, -0.2) is 63.8 Å². The summed E-state index contributed by atoms with van der Waals surface area (Å²) in [6.07, 6.45) is 9.05. The van der Waals surface area contributed by atoms with Gasteiger partial charge in [0.2, 0.25) is 5.88 Å². The molecule has 0 bridgehead atoms. The van der Waals surface area contributed by atoms with E-state index < -0.39 is 5.60 Å². The van der Waals surface area contributed by atoms with Crippen LogP contribution in [0.4, 0.5) is 5.69 Å². The molecule has 0 amide bonds. The largest absolute Gasteiger partial charge is 0.475 e. The Morgan fingerprint density at radius 2 is 1.87 bits per heavy atom. The number of anilines is 1. The molecule has 2 aromatic rings. The van der Waals surface area contributed by atoms with Crippen molar-refractivity contribution >= 4 is 17.3 Å². The average Bonchev–Trinajstić information content (AvgIpc) is 2.68.